The van der Waals surface area contributed by atoms with Crippen LogP contribution in [0.25, 0.3) is 11.0 Å². The first-order valence-electron chi connectivity index (χ1n) is 24.0. The number of fused-ring (bicyclic) bond motifs is 1. The molecule has 3 aliphatic heterocycles. The molecule has 3 aliphatic rings. The van der Waals surface area contributed by atoms with E-state index >= 15 is 0 Å². The highest BCUT2D eigenvalue weighted by molar-refractivity contribution is 6.43. The Bertz CT molecular complexity index is 3070. The molecule has 1 aromatic heterocycles. The first kappa shape index (κ1) is 60.7. The van der Waals surface area contributed by atoms with Crippen LogP contribution >= 0.6 is 46.4 Å². The van der Waals surface area contributed by atoms with Crippen molar-refractivity contribution < 1.29 is 61.8 Å². The number of dihydropyridines is 3. The number of esters is 6. The van der Waals surface area contributed by atoms with Crippen LogP contribution in [-0.2, 0) is 57.2 Å². The molecular weight excluding hydrogens is 1080 g/mol. The number of nitrogens with one attached hydrogen (secondary N) is 3. The lowest BCUT2D eigenvalue weighted by atomic mass is 9.80. The van der Waals surface area contributed by atoms with Crippen LogP contribution in [0, 0.1) is 0 Å². The Balaban J connectivity index is 0.000000213. The topological polar surface area (TPSA) is 233 Å². The van der Waals surface area contributed by atoms with Gasteiger partial charge in [0.25, 0.3) is 0 Å². The lowest BCUT2D eigenvalue weighted by Gasteiger charge is -2.30. The third-order valence-corrected chi connectivity index (χ3v) is 13.9. The van der Waals surface area contributed by atoms with Crippen LogP contribution in [0.4, 0.5) is 0 Å². The van der Waals surface area contributed by atoms with Gasteiger partial charge in [0.05, 0.1) is 112 Å². The average Bonchev–Trinajstić information content (AvgIpc) is 3.90. The van der Waals surface area contributed by atoms with Crippen LogP contribution in [0.5, 0.6) is 0 Å². The molecule has 0 spiro atoms. The van der Waals surface area contributed by atoms with Gasteiger partial charge in [-0.1, -0.05) is 82.8 Å². The highest BCUT2D eigenvalue weighted by atomic mass is 35.5. The number of allylic oxidation sites excluding steroid dienone is 6. The lowest BCUT2D eigenvalue weighted by Crippen LogP contribution is -2.33. The first-order chi connectivity index (χ1) is 36.5. The number of ether oxygens (including phenoxy) is 6. The van der Waals surface area contributed by atoms with Crippen molar-refractivity contribution in [2.75, 3.05) is 34.5 Å². The Kier molecular flexibility index (Phi) is 21.1. The van der Waals surface area contributed by atoms with Crippen molar-refractivity contribution in [2.45, 2.75) is 93.1 Å². The molecule has 0 bridgehead atoms. The van der Waals surface area contributed by atoms with Crippen LogP contribution < -0.4 is 16.0 Å². The van der Waals surface area contributed by atoms with E-state index in [1.165, 1.54) is 21.3 Å². The Labute approximate surface area is 465 Å². The van der Waals surface area contributed by atoms with E-state index in [0.29, 0.717) is 105 Å². The minimum Gasteiger partial charge on any atom is -0.466 e. The van der Waals surface area contributed by atoms with Crippen molar-refractivity contribution >= 4 is 93.3 Å². The summed E-state index contributed by atoms with van der Waals surface area (Å²) in [5.41, 5.74) is 8.06. The van der Waals surface area contributed by atoms with Gasteiger partial charge in [0.1, 0.15) is 11.0 Å². The maximum absolute atomic E-state index is 12.9. The summed E-state index contributed by atoms with van der Waals surface area (Å²) in [5, 5.41) is 18.2. The predicted octanol–water partition coefficient (Wildman–Crippen LogP) is 10.5. The summed E-state index contributed by atoms with van der Waals surface area (Å²) < 4.78 is 35.5. The zero-order chi connectivity index (χ0) is 57.2. The summed E-state index contributed by atoms with van der Waals surface area (Å²) in [6, 6.07) is 15.5. The molecule has 0 aliphatic carbocycles. The summed E-state index contributed by atoms with van der Waals surface area (Å²) in [4.78, 5) is 75.5. The van der Waals surface area contributed by atoms with E-state index in [4.69, 9.17) is 79.5 Å². The van der Waals surface area contributed by atoms with Gasteiger partial charge >= 0.3 is 35.8 Å². The largest absolute Gasteiger partial charge is 0.466 e. The van der Waals surface area contributed by atoms with Crippen LogP contribution in [0.1, 0.15) is 104 Å². The zero-order valence-corrected chi connectivity index (χ0v) is 47.7. The second-order valence-electron chi connectivity index (χ2n) is 17.5. The molecular formula is C55H59Cl4N5O13. The summed E-state index contributed by atoms with van der Waals surface area (Å²) in [7, 11) is 3.87. The quantitative estimate of drug-likeness (QED) is 0.0884. The van der Waals surface area contributed by atoms with Gasteiger partial charge in [-0.2, -0.15) is 0 Å². The lowest BCUT2D eigenvalue weighted by molar-refractivity contribution is -0.143. The molecule has 0 fully saturated rings. The standard InChI is InChI=1S/C19H21N3O5.2C18H19Cl2NO4/c1-9(2)26-19(24)15-11(4)20-10(3)14(18(23)25-5)16(15)12-7-6-8-13-17(12)22-27-21-13;2*1-5-25-18(23)14-10(3)21-9(2)13(17(22)24-4)15(14)11-7-6-8-12(19)16(11)20/h6-9,16,20H,1-5H3;2*6-8,15,21H,5H2,1-4H3. The second kappa shape index (κ2) is 26.8. The molecule has 22 heteroatoms. The highest BCUT2D eigenvalue weighted by Gasteiger charge is 2.42. The van der Waals surface area contributed by atoms with E-state index in [0.717, 1.165) is 0 Å². The van der Waals surface area contributed by atoms with E-state index < -0.39 is 53.6 Å². The number of methoxy groups -OCH3 is 3. The number of benzene rings is 3. The van der Waals surface area contributed by atoms with Gasteiger partial charge < -0.3 is 44.4 Å². The van der Waals surface area contributed by atoms with Gasteiger partial charge in [0, 0.05) is 34.2 Å². The van der Waals surface area contributed by atoms with Gasteiger partial charge in [-0.05, 0) is 114 Å². The predicted molar refractivity (Wildman–Crippen MR) is 289 cm³/mol. The average molecular weight is 1140 g/mol. The number of hydrogen-bond acceptors (Lipinski definition) is 18. The Hall–Kier alpha value is -7.12. The molecule has 4 aromatic rings. The van der Waals surface area contributed by atoms with Gasteiger partial charge in [-0.15, -0.1) is 0 Å². The third kappa shape index (κ3) is 13.2. The number of carbonyl (C=O) groups is 6. The molecule has 0 amide bonds. The number of rotatable bonds is 12. The van der Waals surface area contributed by atoms with E-state index in [9.17, 15) is 28.8 Å². The molecule has 0 saturated carbocycles. The fourth-order valence-corrected chi connectivity index (χ4v) is 9.94. The molecule has 0 radical (unpaired) electrons. The molecule has 3 N–H and O–H groups in total. The zero-order valence-electron chi connectivity index (χ0n) is 44.6. The van der Waals surface area contributed by atoms with Crippen molar-refractivity contribution in [1.82, 2.24) is 26.3 Å². The van der Waals surface area contributed by atoms with Crippen molar-refractivity contribution in [1.29, 1.82) is 0 Å². The number of nitrogens with zero attached hydrogens (tertiary/aromatic N) is 2. The Morgan fingerprint density at radius 2 is 0.818 bits per heavy atom. The van der Waals surface area contributed by atoms with Crippen molar-refractivity contribution in [3.05, 3.63) is 159 Å². The normalized spacial score (nSPS) is 17.3. The summed E-state index contributed by atoms with van der Waals surface area (Å²) in [5.74, 6) is -5.41. The van der Waals surface area contributed by atoms with Crippen LogP contribution in [-0.4, -0.2) is 86.8 Å². The molecule has 410 valence electrons. The monoisotopic (exact) mass is 1140 g/mol. The summed E-state index contributed by atoms with van der Waals surface area (Å²) in [6.45, 7) is 17.9. The molecule has 77 heavy (non-hydrogen) atoms. The summed E-state index contributed by atoms with van der Waals surface area (Å²) >= 11 is 25.0. The molecule has 0 saturated heterocycles. The molecule has 3 atom stereocenters. The maximum atomic E-state index is 12.9. The van der Waals surface area contributed by atoms with Crippen molar-refractivity contribution in [2.24, 2.45) is 0 Å². The minimum atomic E-state index is -0.737. The first-order valence-corrected chi connectivity index (χ1v) is 25.5. The number of aromatic nitrogens is 2. The number of hydrogen-bond donors (Lipinski definition) is 3. The van der Waals surface area contributed by atoms with E-state index in [2.05, 4.69) is 26.3 Å². The highest BCUT2D eigenvalue weighted by Crippen LogP contribution is 2.46. The number of halogens is 4. The minimum absolute atomic E-state index is 0.210. The number of carbonyl (C=O) groups excluding carboxylic acids is 6. The third-order valence-electron chi connectivity index (χ3n) is 12.3. The van der Waals surface area contributed by atoms with E-state index in [-0.39, 0.29) is 29.4 Å². The molecule has 4 heterocycles. The SMILES string of the molecule is CCOC(=O)C1=C(C)NC(C)=C(C(=O)OC)C1c1cccc(Cl)c1Cl.CCOC(=O)C1=C(C)NC(C)=C(C(=O)OC)C1c1cccc(Cl)c1Cl.COC(=O)C1=C(C)NC(C)=C(C(=O)OC(C)C)C1c1cccc2nonc12. The Morgan fingerprint density at radius 3 is 1.17 bits per heavy atom. The fourth-order valence-electron chi connectivity index (χ4n) is 9.11. The second-order valence-corrected chi connectivity index (χ2v) is 19.1. The van der Waals surface area contributed by atoms with Gasteiger partial charge in [0.2, 0.25) is 0 Å². The van der Waals surface area contributed by atoms with Gasteiger partial charge in [-0.3, -0.25) is 0 Å². The van der Waals surface area contributed by atoms with Gasteiger partial charge in [0.15, 0.2) is 0 Å². The van der Waals surface area contributed by atoms with Crippen molar-refractivity contribution in [3.63, 3.8) is 0 Å². The van der Waals surface area contributed by atoms with E-state index in [1.54, 1.807) is 124 Å². The molecule has 3 unspecified atom stereocenters. The summed E-state index contributed by atoms with van der Waals surface area (Å²) in [6.07, 6.45) is -0.309. The van der Waals surface area contributed by atoms with Crippen LogP contribution in [0.3, 0.4) is 0 Å². The smallest absolute Gasteiger partial charge is 0.337 e. The van der Waals surface area contributed by atoms with Gasteiger partial charge in [-0.25, -0.2) is 33.4 Å². The van der Waals surface area contributed by atoms with E-state index in [1.807, 2.05) is 0 Å². The van der Waals surface area contributed by atoms with Crippen LogP contribution in [0.15, 0.2) is 127 Å². The Morgan fingerprint density at radius 1 is 0.494 bits per heavy atom. The van der Waals surface area contributed by atoms with Crippen LogP contribution in [0.2, 0.25) is 20.1 Å². The molecule has 7 rings (SSSR count). The maximum Gasteiger partial charge on any atom is 0.337 e. The molecule has 18 nitrogen and oxygen atoms in total. The fraction of sp³-hybridized carbons (Fsp3) is 0.345. The van der Waals surface area contributed by atoms with Crippen molar-refractivity contribution in [3.8, 4) is 0 Å². The molecule has 3 aromatic carbocycles.